The molecular weight excluding hydrogens is 430 g/mol. The maximum absolute atomic E-state index is 13.3. The summed E-state index contributed by atoms with van der Waals surface area (Å²) >= 11 is 0. The first-order chi connectivity index (χ1) is 16.2. The van der Waals surface area contributed by atoms with Gasteiger partial charge in [-0.15, -0.1) is 0 Å². The molecule has 2 amide bonds. The molecule has 1 saturated heterocycles. The minimum absolute atomic E-state index is 0.0108. The number of nitrogens with zero attached hydrogens (tertiary/aromatic N) is 3. The van der Waals surface area contributed by atoms with Gasteiger partial charge in [0.25, 0.3) is 5.91 Å². The normalized spacial score (nSPS) is 20.4. The molecule has 0 bridgehead atoms. The zero-order chi connectivity index (χ0) is 24.6. The first-order valence-corrected chi connectivity index (χ1v) is 11.7. The van der Waals surface area contributed by atoms with E-state index in [9.17, 15) is 14.4 Å². The van der Waals surface area contributed by atoms with Crippen LogP contribution in [0.5, 0.6) is 0 Å². The quantitative estimate of drug-likeness (QED) is 0.544. The smallest absolute Gasteiger partial charge is 0.252 e. The van der Waals surface area contributed by atoms with E-state index in [1.165, 1.54) is 6.92 Å². The van der Waals surface area contributed by atoms with Crippen LogP contribution in [0.15, 0.2) is 36.5 Å². The monoisotopic (exact) mass is 461 g/mol. The lowest BCUT2D eigenvalue weighted by Crippen LogP contribution is -2.50. The topological polar surface area (TPSA) is 106 Å². The summed E-state index contributed by atoms with van der Waals surface area (Å²) in [6, 6.07) is 9.13. The zero-order valence-corrected chi connectivity index (χ0v) is 20.3. The molecule has 4 rings (SSSR count). The molecule has 1 aliphatic heterocycles. The second kappa shape index (κ2) is 9.37. The number of fused-ring (bicyclic) bond motifs is 1. The molecule has 8 nitrogen and oxygen atoms in total. The van der Waals surface area contributed by atoms with Gasteiger partial charge in [0.1, 0.15) is 0 Å². The number of hydrogen-bond donors (Lipinski definition) is 2. The van der Waals surface area contributed by atoms with Gasteiger partial charge >= 0.3 is 0 Å². The molecule has 1 aromatic carbocycles. The molecule has 1 aliphatic rings. The second-order valence-corrected chi connectivity index (χ2v) is 9.55. The van der Waals surface area contributed by atoms with Crippen molar-refractivity contribution in [1.29, 1.82) is 0 Å². The predicted molar refractivity (Wildman–Crippen MR) is 131 cm³/mol. The van der Waals surface area contributed by atoms with Crippen LogP contribution in [0.4, 0.5) is 0 Å². The van der Waals surface area contributed by atoms with E-state index < -0.39 is 0 Å². The van der Waals surface area contributed by atoms with Crippen LogP contribution in [-0.4, -0.2) is 44.9 Å². The van der Waals surface area contributed by atoms with Gasteiger partial charge in [-0.05, 0) is 46.1 Å². The number of rotatable bonds is 6. The fourth-order valence-electron chi connectivity index (χ4n) is 4.59. The molecular formula is C26H31N5O3. The lowest BCUT2D eigenvalue weighted by atomic mass is 9.84. The summed E-state index contributed by atoms with van der Waals surface area (Å²) in [6.45, 7) is 9.85. The van der Waals surface area contributed by atoms with E-state index in [1.54, 1.807) is 29.1 Å². The van der Waals surface area contributed by atoms with Crippen LogP contribution in [0.2, 0.25) is 0 Å². The van der Waals surface area contributed by atoms with Crippen LogP contribution >= 0.6 is 0 Å². The Balaban J connectivity index is 1.68. The summed E-state index contributed by atoms with van der Waals surface area (Å²) in [6.07, 6.45) is 2.55. The van der Waals surface area contributed by atoms with Crippen LogP contribution in [0.25, 0.3) is 22.3 Å². The van der Waals surface area contributed by atoms with Crippen LogP contribution in [0.1, 0.15) is 67.8 Å². The van der Waals surface area contributed by atoms with Crippen molar-refractivity contribution in [3.8, 4) is 11.3 Å². The van der Waals surface area contributed by atoms with Crippen LogP contribution in [0, 0.1) is 11.8 Å². The third-order valence-corrected chi connectivity index (χ3v) is 6.51. The Bertz CT molecular complexity index is 1250. The Morgan fingerprint density at radius 3 is 2.53 bits per heavy atom. The summed E-state index contributed by atoms with van der Waals surface area (Å²) in [4.78, 5) is 42.2. The van der Waals surface area contributed by atoms with Crippen molar-refractivity contribution in [2.45, 2.75) is 53.1 Å². The van der Waals surface area contributed by atoms with Crippen LogP contribution in [-0.2, 0) is 4.79 Å². The molecule has 34 heavy (non-hydrogen) atoms. The number of piperidine rings is 1. The molecule has 178 valence electrons. The van der Waals surface area contributed by atoms with Crippen molar-refractivity contribution in [3.63, 3.8) is 0 Å². The van der Waals surface area contributed by atoms with Gasteiger partial charge in [-0.1, -0.05) is 31.2 Å². The number of nitrogens with one attached hydrogen (secondary N) is 2. The van der Waals surface area contributed by atoms with Crippen molar-refractivity contribution < 1.29 is 14.4 Å². The number of hydrogen-bond acceptors (Lipinski definition) is 5. The summed E-state index contributed by atoms with van der Waals surface area (Å²) in [5, 5.41) is 11.1. The highest BCUT2D eigenvalue weighted by atomic mass is 16.2. The van der Waals surface area contributed by atoms with E-state index in [0.29, 0.717) is 27.9 Å². The molecule has 8 heteroatoms. The molecule has 3 atom stereocenters. The third-order valence-electron chi connectivity index (χ3n) is 6.51. The van der Waals surface area contributed by atoms with Gasteiger partial charge in [0.15, 0.2) is 11.4 Å². The highest BCUT2D eigenvalue weighted by Gasteiger charge is 2.32. The summed E-state index contributed by atoms with van der Waals surface area (Å²) in [5.41, 5.74) is 3.11. The number of benzene rings is 1. The first-order valence-electron chi connectivity index (χ1n) is 11.7. The standard InChI is InChI=1S/C26H31N5O3/c1-14(2)31-24-22(13-28-31)20(11-23(30-24)19-8-6-18(7-9-19)17(5)32)25(33)27-12-21-15(3)10-16(4)29-26(21)34/h6-9,11,13-16,21H,10,12H2,1-5H3,(H,27,33)(H,29,34). The largest absolute Gasteiger partial charge is 0.353 e. The highest BCUT2D eigenvalue weighted by molar-refractivity contribution is 6.06. The third kappa shape index (κ3) is 4.58. The molecule has 2 aromatic heterocycles. The van der Waals surface area contributed by atoms with Gasteiger partial charge in [-0.3, -0.25) is 14.4 Å². The molecule has 2 N–H and O–H groups in total. The van der Waals surface area contributed by atoms with Gasteiger partial charge in [0, 0.05) is 29.8 Å². The number of Topliss-reactive ketones (excluding diaryl/α,β-unsaturated/α-hetero) is 1. The summed E-state index contributed by atoms with van der Waals surface area (Å²) < 4.78 is 1.79. The van der Waals surface area contributed by atoms with Gasteiger partial charge in [0.2, 0.25) is 5.91 Å². The zero-order valence-electron chi connectivity index (χ0n) is 20.3. The second-order valence-electron chi connectivity index (χ2n) is 9.55. The summed E-state index contributed by atoms with van der Waals surface area (Å²) in [5.74, 6) is -0.389. The van der Waals surface area contributed by atoms with Gasteiger partial charge in [-0.2, -0.15) is 5.10 Å². The molecule has 3 aromatic rings. The average molecular weight is 462 g/mol. The number of amides is 2. The van der Waals surface area contributed by atoms with Gasteiger partial charge < -0.3 is 10.6 Å². The van der Waals surface area contributed by atoms with E-state index in [-0.39, 0.29) is 48.1 Å². The van der Waals surface area contributed by atoms with E-state index in [4.69, 9.17) is 4.98 Å². The Morgan fingerprint density at radius 2 is 1.91 bits per heavy atom. The number of aromatic nitrogens is 3. The molecule has 0 spiro atoms. The van der Waals surface area contributed by atoms with E-state index in [0.717, 1.165) is 12.0 Å². The number of carbonyl (C=O) groups excluding carboxylic acids is 3. The van der Waals surface area contributed by atoms with Gasteiger partial charge in [-0.25, -0.2) is 9.67 Å². The Labute approximate surface area is 199 Å². The number of carbonyl (C=O) groups is 3. The Morgan fingerprint density at radius 1 is 1.21 bits per heavy atom. The van der Waals surface area contributed by atoms with Crippen molar-refractivity contribution in [3.05, 3.63) is 47.7 Å². The molecule has 0 radical (unpaired) electrons. The maximum Gasteiger partial charge on any atom is 0.252 e. The lowest BCUT2D eigenvalue weighted by Gasteiger charge is -2.32. The fourth-order valence-corrected chi connectivity index (χ4v) is 4.59. The predicted octanol–water partition coefficient (Wildman–Crippen LogP) is 3.77. The van der Waals surface area contributed by atoms with Gasteiger partial charge in [0.05, 0.1) is 28.8 Å². The number of pyridine rings is 1. The van der Waals surface area contributed by atoms with Crippen molar-refractivity contribution >= 4 is 28.6 Å². The lowest BCUT2D eigenvalue weighted by molar-refractivity contribution is -0.129. The Hall–Kier alpha value is -3.55. The molecule has 0 aliphatic carbocycles. The minimum Gasteiger partial charge on any atom is -0.353 e. The first kappa shape index (κ1) is 23.6. The SMILES string of the molecule is CC(=O)c1ccc(-c2cc(C(=O)NCC3C(=O)NC(C)CC3C)c3cnn(C(C)C)c3n2)cc1. The highest BCUT2D eigenvalue weighted by Crippen LogP contribution is 2.27. The molecule has 0 saturated carbocycles. The fraction of sp³-hybridized carbons (Fsp3) is 0.423. The van der Waals surface area contributed by atoms with E-state index >= 15 is 0 Å². The Kier molecular flexibility index (Phi) is 6.50. The van der Waals surface area contributed by atoms with Crippen molar-refractivity contribution in [1.82, 2.24) is 25.4 Å². The van der Waals surface area contributed by atoms with Crippen LogP contribution in [0.3, 0.4) is 0 Å². The van der Waals surface area contributed by atoms with Crippen molar-refractivity contribution in [2.75, 3.05) is 6.54 Å². The maximum atomic E-state index is 13.3. The molecule has 1 fully saturated rings. The minimum atomic E-state index is -0.269. The van der Waals surface area contributed by atoms with E-state index in [2.05, 4.69) is 15.7 Å². The van der Waals surface area contributed by atoms with Crippen molar-refractivity contribution in [2.24, 2.45) is 11.8 Å². The van der Waals surface area contributed by atoms with E-state index in [1.807, 2.05) is 39.8 Å². The molecule has 3 unspecified atom stereocenters. The van der Waals surface area contributed by atoms with Crippen LogP contribution < -0.4 is 10.6 Å². The summed E-state index contributed by atoms with van der Waals surface area (Å²) in [7, 11) is 0. The molecule has 3 heterocycles. The number of ketones is 1. The average Bonchev–Trinajstić information content (AvgIpc) is 3.22.